The molecule has 1 atom stereocenters. The Morgan fingerprint density at radius 2 is 1.84 bits per heavy atom. The fraction of sp³-hybridized carbons (Fsp3) is 0.481. The second-order valence-corrected chi connectivity index (χ2v) is 12.8. The summed E-state index contributed by atoms with van der Waals surface area (Å²) in [5, 5.41) is 9.58. The van der Waals surface area contributed by atoms with Crippen molar-refractivity contribution in [2.24, 2.45) is 12.5 Å². The van der Waals surface area contributed by atoms with Gasteiger partial charge in [-0.25, -0.2) is 17.2 Å². The average molecular weight is 546 g/mol. The van der Waals surface area contributed by atoms with Crippen molar-refractivity contribution in [2.45, 2.75) is 55.4 Å². The van der Waals surface area contributed by atoms with Crippen LogP contribution in [0.2, 0.25) is 0 Å². The highest BCUT2D eigenvalue weighted by atomic mass is 32.2. The number of hydrogen-bond acceptors (Lipinski definition) is 5. The number of allylic oxidation sites excluding steroid dienone is 1. The van der Waals surface area contributed by atoms with E-state index in [1.54, 1.807) is 25.4 Å². The summed E-state index contributed by atoms with van der Waals surface area (Å²) in [5.41, 5.74) is 2.23. The number of carboxylic acid groups (broad SMARTS) is 1. The summed E-state index contributed by atoms with van der Waals surface area (Å²) in [6, 6.07) is 3.59. The lowest BCUT2D eigenvalue weighted by Crippen LogP contribution is -2.40. The SMILES string of the molecule is Cn1cc(-c2cc(S(=O)(=O)N3CCCC3C(=O)O)ccc2N2CCC3(CC2)CC3(F)F)c2c(c1=O)CC=C2. The van der Waals surface area contributed by atoms with Crippen LogP contribution in [0.5, 0.6) is 0 Å². The van der Waals surface area contributed by atoms with Crippen LogP contribution in [0.25, 0.3) is 17.2 Å². The second-order valence-electron chi connectivity index (χ2n) is 10.9. The number of fused-ring (bicyclic) bond motifs is 1. The zero-order valence-electron chi connectivity index (χ0n) is 21.0. The van der Waals surface area contributed by atoms with Crippen LogP contribution in [0.4, 0.5) is 14.5 Å². The van der Waals surface area contributed by atoms with Gasteiger partial charge in [-0.05, 0) is 55.9 Å². The van der Waals surface area contributed by atoms with Gasteiger partial charge in [0.2, 0.25) is 10.0 Å². The van der Waals surface area contributed by atoms with E-state index in [1.807, 2.05) is 17.1 Å². The van der Waals surface area contributed by atoms with Crippen molar-refractivity contribution in [2.75, 3.05) is 24.5 Å². The molecule has 1 N–H and O–H groups in total. The van der Waals surface area contributed by atoms with E-state index in [4.69, 9.17) is 0 Å². The van der Waals surface area contributed by atoms with Crippen LogP contribution in [0.1, 0.15) is 43.2 Å². The number of aromatic nitrogens is 1. The Bertz CT molecular complexity index is 1540. The molecule has 2 aromatic rings. The van der Waals surface area contributed by atoms with Crippen LogP contribution >= 0.6 is 0 Å². The molecule has 4 aliphatic rings. The Labute approximate surface area is 219 Å². The van der Waals surface area contributed by atoms with Gasteiger partial charge < -0.3 is 14.6 Å². The van der Waals surface area contributed by atoms with E-state index in [-0.39, 0.29) is 29.8 Å². The molecule has 2 saturated heterocycles. The van der Waals surface area contributed by atoms with Crippen LogP contribution in [0, 0.1) is 5.41 Å². The van der Waals surface area contributed by atoms with Gasteiger partial charge in [0.1, 0.15) is 6.04 Å². The largest absolute Gasteiger partial charge is 0.480 e. The molecule has 2 aliphatic carbocycles. The normalized spacial score (nSPS) is 23.7. The summed E-state index contributed by atoms with van der Waals surface area (Å²) in [6.45, 7) is 0.939. The number of sulfonamides is 1. The minimum absolute atomic E-state index is 0.0313. The van der Waals surface area contributed by atoms with Gasteiger partial charge in [-0.3, -0.25) is 9.59 Å². The van der Waals surface area contributed by atoms with E-state index in [1.165, 1.54) is 10.6 Å². The molecule has 202 valence electrons. The lowest BCUT2D eigenvalue weighted by atomic mass is 9.91. The van der Waals surface area contributed by atoms with Crippen molar-refractivity contribution in [1.82, 2.24) is 8.87 Å². The number of anilines is 1. The smallest absolute Gasteiger partial charge is 0.322 e. The number of nitrogens with zero attached hydrogens (tertiary/aromatic N) is 3. The van der Waals surface area contributed by atoms with Crippen LogP contribution in [-0.2, 0) is 28.3 Å². The van der Waals surface area contributed by atoms with Gasteiger partial charge in [-0.2, -0.15) is 4.31 Å². The van der Waals surface area contributed by atoms with Crippen molar-refractivity contribution in [3.63, 3.8) is 0 Å². The Morgan fingerprint density at radius 3 is 2.50 bits per heavy atom. The molecule has 3 heterocycles. The predicted molar refractivity (Wildman–Crippen MR) is 138 cm³/mol. The monoisotopic (exact) mass is 545 g/mol. The molecule has 0 radical (unpaired) electrons. The number of hydrogen-bond donors (Lipinski definition) is 1. The van der Waals surface area contributed by atoms with Crippen molar-refractivity contribution >= 4 is 27.8 Å². The third-order valence-corrected chi connectivity index (χ3v) is 10.7. The summed E-state index contributed by atoms with van der Waals surface area (Å²) >= 11 is 0. The Morgan fingerprint density at radius 1 is 1.13 bits per heavy atom. The second kappa shape index (κ2) is 8.47. The number of pyridine rings is 1. The topological polar surface area (TPSA) is 99.9 Å². The fourth-order valence-corrected chi connectivity index (χ4v) is 8.06. The van der Waals surface area contributed by atoms with Gasteiger partial charge in [-0.1, -0.05) is 12.2 Å². The molecular weight excluding hydrogens is 516 g/mol. The van der Waals surface area contributed by atoms with Gasteiger partial charge in [0.15, 0.2) is 0 Å². The summed E-state index contributed by atoms with van der Waals surface area (Å²) < 4.78 is 57.8. The molecule has 1 aromatic heterocycles. The highest BCUT2D eigenvalue weighted by molar-refractivity contribution is 7.89. The van der Waals surface area contributed by atoms with Crippen LogP contribution < -0.4 is 10.5 Å². The first-order valence-electron chi connectivity index (χ1n) is 12.9. The van der Waals surface area contributed by atoms with E-state index < -0.39 is 33.4 Å². The Balaban J connectivity index is 1.47. The van der Waals surface area contributed by atoms with E-state index in [2.05, 4.69) is 0 Å². The first-order valence-corrected chi connectivity index (χ1v) is 14.3. The first kappa shape index (κ1) is 25.2. The van der Waals surface area contributed by atoms with E-state index in [0.717, 1.165) is 9.87 Å². The lowest BCUT2D eigenvalue weighted by molar-refractivity contribution is -0.140. The van der Waals surface area contributed by atoms with E-state index in [9.17, 15) is 31.9 Å². The number of halogens is 2. The number of alkyl halides is 2. The standard InChI is InChI=1S/C27H29F2N3O5S/c1-30-15-21(18-4-2-5-19(18)24(30)33)20-14-17(38(36,37)32-11-3-6-23(32)25(34)35)7-8-22(20)31-12-9-26(10-13-31)16-27(26,28)29/h2,4,7-8,14-15,23H,3,5-6,9-13,16H2,1H3,(H,34,35). The maximum atomic E-state index is 14.0. The highest BCUT2D eigenvalue weighted by Crippen LogP contribution is 2.66. The molecule has 8 nitrogen and oxygen atoms in total. The molecule has 6 rings (SSSR count). The molecular formula is C27H29F2N3O5S. The minimum Gasteiger partial charge on any atom is -0.480 e. The summed E-state index contributed by atoms with van der Waals surface area (Å²) in [6.07, 6.45) is 7.21. The molecule has 11 heteroatoms. The molecule has 1 unspecified atom stereocenters. The number of benzene rings is 1. The van der Waals surface area contributed by atoms with Gasteiger partial charge >= 0.3 is 5.97 Å². The number of rotatable bonds is 5. The van der Waals surface area contributed by atoms with Gasteiger partial charge in [0.25, 0.3) is 11.5 Å². The Hall–Kier alpha value is -3.05. The molecule has 0 bridgehead atoms. The number of aliphatic carboxylic acids is 1. The maximum Gasteiger partial charge on any atom is 0.322 e. The molecule has 3 fully saturated rings. The van der Waals surface area contributed by atoms with E-state index in [0.29, 0.717) is 61.2 Å². The van der Waals surface area contributed by atoms with Crippen LogP contribution in [0.15, 0.2) is 40.2 Å². The molecule has 1 saturated carbocycles. The van der Waals surface area contributed by atoms with E-state index >= 15 is 0 Å². The Kier molecular flexibility index (Phi) is 5.63. The zero-order valence-corrected chi connectivity index (χ0v) is 21.8. The quantitative estimate of drug-likeness (QED) is 0.618. The highest BCUT2D eigenvalue weighted by Gasteiger charge is 2.70. The van der Waals surface area contributed by atoms with Gasteiger partial charge in [0, 0.05) is 67.1 Å². The molecule has 38 heavy (non-hydrogen) atoms. The van der Waals surface area contributed by atoms with Crippen LogP contribution in [0.3, 0.4) is 0 Å². The average Bonchev–Trinajstić information content (AvgIpc) is 3.35. The molecule has 1 spiro atoms. The summed E-state index contributed by atoms with van der Waals surface area (Å²) in [4.78, 5) is 26.5. The number of carbonyl (C=O) groups is 1. The zero-order chi connectivity index (χ0) is 27.0. The van der Waals surface area contributed by atoms with Crippen molar-refractivity contribution in [3.8, 4) is 11.1 Å². The minimum atomic E-state index is -4.12. The van der Waals surface area contributed by atoms with Gasteiger partial charge in [0.05, 0.1) is 4.90 Å². The maximum absolute atomic E-state index is 14.0. The number of piperidine rings is 1. The van der Waals surface area contributed by atoms with Crippen molar-refractivity contribution in [3.05, 3.63) is 52.0 Å². The van der Waals surface area contributed by atoms with Crippen LogP contribution in [-0.4, -0.2) is 60.0 Å². The van der Waals surface area contributed by atoms with Gasteiger partial charge in [-0.15, -0.1) is 0 Å². The summed E-state index contributed by atoms with van der Waals surface area (Å²) in [7, 11) is -2.47. The fourth-order valence-electron chi connectivity index (χ4n) is 6.39. The van der Waals surface area contributed by atoms with Crippen molar-refractivity contribution < 1.29 is 27.1 Å². The molecule has 1 aromatic carbocycles. The third-order valence-electron chi connectivity index (χ3n) is 8.75. The van der Waals surface area contributed by atoms with Crippen molar-refractivity contribution in [1.29, 1.82) is 0 Å². The predicted octanol–water partition coefficient (Wildman–Crippen LogP) is 3.48. The molecule has 0 amide bonds. The number of carboxylic acids is 1. The summed E-state index contributed by atoms with van der Waals surface area (Å²) in [5.74, 6) is -3.80. The lowest BCUT2D eigenvalue weighted by Gasteiger charge is -2.35. The number of aryl methyl sites for hydroxylation is 1. The molecule has 2 aliphatic heterocycles. The third kappa shape index (κ3) is 3.73. The first-order chi connectivity index (χ1) is 17.9.